The Morgan fingerprint density at radius 3 is 2.43 bits per heavy atom. The summed E-state index contributed by atoms with van der Waals surface area (Å²) in [4.78, 5) is 23.3. The standard InChI is InChI=1S/C9H18N2O3/c1-7(2)5-10-8(12)6-11(3)9(13)14-4/h7H,5-6H2,1-4H3,(H,10,12). The summed E-state index contributed by atoms with van der Waals surface area (Å²) in [5.41, 5.74) is 0. The minimum atomic E-state index is -0.510. The Kier molecular flexibility index (Phi) is 5.67. The highest BCUT2D eigenvalue weighted by Gasteiger charge is 2.12. The molecule has 0 radical (unpaired) electrons. The van der Waals surface area contributed by atoms with Crippen LogP contribution in [0.2, 0.25) is 0 Å². The van der Waals surface area contributed by atoms with Gasteiger partial charge in [0.2, 0.25) is 5.91 Å². The Morgan fingerprint density at radius 2 is 2.00 bits per heavy atom. The molecule has 0 saturated heterocycles. The van der Waals surface area contributed by atoms with E-state index in [1.54, 1.807) is 0 Å². The van der Waals surface area contributed by atoms with E-state index in [0.29, 0.717) is 12.5 Å². The molecule has 0 atom stereocenters. The number of nitrogens with one attached hydrogen (secondary N) is 1. The summed E-state index contributed by atoms with van der Waals surface area (Å²) in [6.07, 6.45) is -0.510. The Labute approximate surface area is 84.4 Å². The van der Waals surface area contributed by atoms with Crippen LogP contribution in [0.25, 0.3) is 0 Å². The van der Waals surface area contributed by atoms with Gasteiger partial charge in [0.25, 0.3) is 0 Å². The first-order valence-electron chi connectivity index (χ1n) is 4.53. The predicted molar refractivity (Wildman–Crippen MR) is 52.9 cm³/mol. The second-order valence-corrected chi connectivity index (χ2v) is 3.52. The van der Waals surface area contributed by atoms with Crippen molar-refractivity contribution in [3.63, 3.8) is 0 Å². The largest absolute Gasteiger partial charge is 0.453 e. The van der Waals surface area contributed by atoms with Gasteiger partial charge in [-0.3, -0.25) is 4.79 Å². The lowest BCUT2D eigenvalue weighted by atomic mass is 10.2. The summed E-state index contributed by atoms with van der Waals surface area (Å²) in [5.74, 6) is 0.231. The Morgan fingerprint density at radius 1 is 1.43 bits per heavy atom. The number of rotatable bonds is 4. The van der Waals surface area contributed by atoms with Crippen molar-refractivity contribution >= 4 is 12.0 Å². The zero-order valence-corrected chi connectivity index (χ0v) is 9.16. The second-order valence-electron chi connectivity index (χ2n) is 3.52. The fraction of sp³-hybridized carbons (Fsp3) is 0.778. The molecule has 82 valence electrons. The van der Waals surface area contributed by atoms with Gasteiger partial charge in [-0.05, 0) is 5.92 Å². The van der Waals surface area contributed by atoms with Gasteiger partial charge in [-0.15, -0.1) is 0 Å². The number of carbonyl (C=O) groups is 2. The molecule has 0 unspecified atom stereocenters. The summed E-state index contributed by atoms with van der Waals surface area (Å²) >= 11 is 0. The maximum Gasteiger partial charge on any atom is 0.409 e. The van der Waals surface area contributed by atoms with Crippen molar-refractivity contribution < 1.29 is 14.3 Å². The lowest BCUT2D eigenvalue weighted by Crippen LogP contribution is -2.39. The predicted octanol–water partition coefficient (Wildman–Crippen LogP) is 0.457. The minimum absolute atomic E-state index is 0.0272. The average molecular weight is 202 g/mol. The van der Waals surface area contributed by atoms with Gasteiger partial charge < -0.3 is 15.0 Å². The third-order valence-corrected chi connectivity index (χ3v) is 1.57. The van der Waals surface area contributed by atoms with Gasteiger partial charge >= 0.3 is 6.09 Å². The molecule has 0 aromatic rings. The van der Waals surface area contributed by atoms with Crippen LogP contribution in [0.1, 0.15) is 13.8 Å². The normalized spacial score (nSPS) is 9.79. The number of carbonyl (C=O) groups excluding carboxylic acids is 2. The molecule has 0 aromatic heterocycles. The Bertz CT molecular complexity index is 204. The number of methoxy groups -OCH3 is 1. The summed E-state index contributed by atoms with van der Waals surface area (Å²) in [6, 6.07) is 0. The van der Waals surface area contributed by atoms with E-state index in [-0.39, 0.29) is 12.5 Å². The van der Waals surface area contributed by atoms with Crippen LogP contribution in [0.15, 0.2) is 0 Å². The second kappa shape index (κ2) is 6.23. The fourth-order valence-electron chi connectivity index (χ4n) is 0.810. The highest BCUT2D eigenvalue weighted by Crippen LogP contribution is 1.90. The van der Waals surface area contributed by atoms with Gasteiger partial charge in [0.15, 0.2) is 0 Å². The summed E-state index contributed by atoms with van der Waals surface area (Å²) in [5, 5.41) is 2.70. The van der Waals surface area contributed by atoms with Crippen molar-refractivity contribution in [2.45, 2.75) is 13.8 Å². The Balaban J connectivity index is 3.77. The van der Waals surface area contributed by atoms with E-state index in [2.05, 4.69) is 10.1 Å². The third-order valence-electron chi connectivity index (χ3n) is 1.57. The van der Waals surface area contributed by atoms with Crippen molar-refractivity contribution in [2.75, 3.05) is 27.2 Å². The average Bonchev–Trinajstić information content (AvgIpc) is 2.13. The van der Waals surface area contributed by atoms with E-state index in [0.717, 1.165) is 0 Å². The van der Waals surface area contributed by atoms with Crippen LogP contribution >= 0.6 is 0 Å². The first kappa shape index (κ1) is 12.7. The van der Waals surface area contributed by atoms with E-state index in [1.165, 1.54) is 19.1 Å². The third kappa shape index (κ3) is 5.40. The van der Waals surface area contributed by atoms with Gasteiger partial charge in [0.05, 0.1) is 7.11 Å². The molecule has 0 saturated carbocycles. The van der Waals surface area contributed by atoms with Gasteiger partial charge in [0, 0.05) is 13.6 Å². The molecule has 14 heavy (non-hydrogen) atoms. The highest BCUT2D eigenvalue weighted by atomic mass is 16.5. The van der Waals surface area contributed by atoms with Crippen molar-refractivity contribution in [1.82, 2.24) is 10.2 Å². The topological polar surface area (TPSA) is 58.6 Å². The van der Waals surface area contributed by atoms with Gasteiger partial charge in [-0.2, -0.15) is 0 Å². The maximum absolute atomic E-state index is 11.2. The summed E-state index contributed by atoms with van der Waals surface area (Å²) < 4.78 is 4.45. The van der Waals surface area contributed by atoms with E-state index in [9.17, 15) is 9.59 Å². The number of ether oxygens (including phenoxy) is 1. The molecule has 0 rings (SSSR count). The molecule has 0 heterocycles. The van der Waals surface area contributed by atoms with Crippen LogP contribution in [-0.2, 0) is 9.53 Å². The van der Waals surface area contributed by atoms with Crippen molar-refractivity contribution in [3.8, 4) is 0 Å². The van der Waals surface area contributed by atoms with E-state index in [1.807, 2.05) is 13.8 Å². The molecule has 2 amide bonds. The molecule has 0 bridgehead atoms. The number of hydrogen-bond acceptors (Lipinski definition) is 3. The molecule has 0 aromatic carbocycles. The molecule has 0 aliphatic carbocycles. The molecule has 0 spiro atoms. The molecule has 5 heteroatoms. The van der Waals surface area contributed by atoms with Crippen LogP contribution in [0.4, 0.5) is 4.79 Å². The molecule has 1 N–H and O–H groups in total. The zero-order chi connectivity index (χ0) is 11.1. The van der Waals surface area contributed by atoms with E-state index >= 15 is 0 Å². The van der Waals surface area contributed by atoms with E-state index in [4.69, 9.17) is 0 Å². The van der Waals surface area contributed by atoms with Crippen LogP contribution in [0.3, 0.4) is 0 Å². The first-order chi connectivity index (χ1) is 6.47. The molecular formula is C9H18N2O3. The maximum atomic E-state index is 11.2. The molecule has 5 nitrogen and oxygen atoms in total. The molecule has 0 aliphatic rings. The monoisotopic (exact) mass is 202 g/mol. The van der Waals surface area contributed by atoms with Gasteiger partial charge in [0.1, 0.15) is 6.54 Å². The van der Waals surface area contributed by atoms with Crippen LogP contribution in [0, 0.1) is 5.92 Å². The summed E-state index contributed by atoms with van der Waals surface area (Å²) in [6.45, 7) is 4.65. The lowest BCUT2D eigenvalue weighted by molar-refractivity contribution is -0.121. The quantitative estimate of drug-likeness (QED) is 0.720. The number of amides is 2. The van der Waals surface area contributed by atoms with Crippen LogP contribution in [0.5, 0.6) is 0 Å². The van der Waals surface area contributed by atoms with Crippen molar-refractivity contribution in [1.29, 1.82) is 0 Å². The number of likely N-dealkylation sites (N-methyl/N-ethyl adjacent to an activating group) is 1. The lowest BCUT2D eigenvalue weighted by Gasteiger charge is -2.15. The molecular weight excluding hydrogens is 184 g/mol. The van der Waals surface area contributed by atoms with E-state index < -0.39 is 6.09 Å². The van der Waals surface area contributed by atoms with Gasteiger partial charge in [-0.1, -0.05) is 13.8 Å². The van der Waals surface area contributed by atoms with Crippen molar-refractivity contribution in [3.05, 3.63) is 0 Å². The fourth-order valence-corrected chi connectivity index (χ4v) is 0.810. The first-order valence-corrected chi connectivity index (χ1v) is 4.53. The smallest absolute Gasteiger partial charge is 0.409 e. The molecule has 0 fully saturated rings. The summed E-state index contributed by atoms with van der Waals surface area (Å²) in [7, 11) is 2.80. The van der Waals surface area contributed by atoms with Gasteiger partial charge in [-0.25, -0.2) is 4.79 Å². The Hall–Kier alpha value is -1.26. The number of nitrogens with zero attached hydrogens (tertiary/aromatic N) is 1. The minimum Gasteiger partial charge on any atom is -0.453 e. The van der Waals surface area contributed by atoms with Crippen LogP contribution in [-0.4, -0.2) is 44.1 Å². The molecule has 0 aliphatic heterocycles. The van der Waals surface area contributed by atoms with Crippen LogP contribution < -0.4 is 5.32 Å². The SMILES string of the molecule is COC(=O)N(C)CC(=O)NCC(C)C. The zero-order valence-electron chi connectivity index (χ0n) is 9.16. The van der Waals surface area contributed by atoms with Crippen molar-refractivity contribution in [2.24, 2.45) is 5.92 Å². The number of hydrogen-bond donors (Lipinski definition) is 1. The highest BCUT2D eigenvalue weighted by molar-refractivity contribution is 5.81.